The minimum atomic E-state index is -6.43. The van der Waals surface area contributed by atoms with E-state index in [1.54, 1.807) is 6.92 Å². The molecule has 0 atom stereocenters. The molecule has 0 unspecified atom stereocenters. The van der Waals surface area contributed by atoms with Crippen molar-refractivity contribution in [3.05, 3.63) is 0 Å². The fourth-order valence-corrected chi connectivity index (χ4v) is 1.85. The molecule has 196 valence electrons. The van der Waals surface area contributed by atoms with E-state index in [1.165, 1.54) is 12.4 Å². The molecule has 1 amide bonds. The van der Waals surface area contributed by atoms with Crippen LogP contribution in [0.4, 0.5) is 35.1 Å². The van der Waals surface area contributed by atoms with Gasteiger partial charge in [-0.05, 0) is 12.8 Å². The molecule has 0 radical (unpaired) electrons. The molecule has 0 heterocycles. The number of hydrogen-bond donors (Lipinski definition) is 1. The van der Waals surface area contributed by atoms with Crippen LogP contribution in [0, 0.1) is 0 Å². The zero-order chi connectivity index (χ0) is 25.8. The number of ketones is 1. The number of hydrogen-bond acceptors (Lipinski definition) is 7. The van der Waals surface area contributed by atoms with Gasteiger partial charge < -0.3 is 19.5 Å². The molecule has 0 aromatic rings. The summed E-state index contributed by atoms with van der Waals surface area (Å²) in [4.78, 5) is 22.6. The van der Waals surface area contributed by atoms with Crippen LogP contribution >= 0.6 is 0 Å². The van der Waals surface area contributed by atoms with Crippen LogP contribution in [0.25, 0.3) is 0 Å². The molecule has 8 nitrogen and oxygen atoms in total. The molecule has 0 fully saturated rings. The zero-order valence-electron chi connectivity index (χ0n) is 17.7. The van der Waals surface area contributed by atoms with Gasteiger partial charge in [-0.15, -0.1) is 0 Å². The van der Waals surface area contributed by atoms with Gasteiger partial charge in [-0.25, -0.2) is 9.47 Å². The van der Waals surface area contributed by atoms with E-state index < -0.39 is 49.1 Å². The number of rotatable bonds is 19. The highest BCUT2D eigenvalue weighted by Gasteiger charge is 2.69. The van der Waals surface area contributed by atoms with Gasteiger partial charge in [-0.3, -0.25) is 9.59 Å². The molecule has 0 aromatic heterocycles. The first-order valence-corrected chi connectivity index (χ1v) is 9.50. The second-order valence-corrected chi connectivity index (χ2v) is 6.27. The molecule has 0 aliphatic carbocycles. The van der Waals surface area contributed by atoms with Crippen LogP contribution in [0.15, 0.2) is 0 Å². The van der Waals surface area contributed by atoms with Crippen LogP contribution in [-0.4, -0.2) is 82.8 Å². The predicted molar refractivity (Wildman–Crippen MR) is 93.0 cm³/mol. The molecule has 0 aromatic carbocycles. The number of carbonyl (C=O) groups excluding carboxylic acids is 2. The first kappa shape index (κ1) is 31.4. The normalized spacial score (nSPS) is 13.3. The number of carbonyl (C=O) groups is 2. The highest BCUT2D eigenvalue weighted by atomic mass is 19.3. The molecule has 16 heteroatoms. The molecule has 0 rings (SSSR count). The van der Waals surface area contributed by atoms with E-state index in [1.807, 2.05) is 0 Å². The SMILES string of the molecule is CCCOCCCC(=O)C(F)(F)OC(F)(F)C(F)(F)OC(F)(F)C(=O)NCCOCCOC. The quantitative estimate of drug-likeness (QED) is 0.212. The Morgan fingerprint density at radius 1 is 0.758 bits per heavy atom. The van der Waals surface area contributed by atoms with Crippen molar-refractivity contribution in [2.45, 2.75) is 50.6 Å². The second kappa shape index (κ2) is 13.9. The van der Waals surface area contributed by atoms with Crippen molar-refractivity contribution in [3.8, 4) is 0 Å². The minimum Gasteiger partial charge on any atom is -0.382 e. The van der Waals surface area contributed by atoms with Crippen LogP contribution in [0.3, 0.4) is 0 Å². The fraction of sp³-hybridized carbons (Fsp3) is 0.882. The molecule has 33 heavy (non-hydrogen) atoms. The van der Waals surface area contributed by atoms with Gasteiger partial charge in [0.15, 0.2) is 0 Å². The van der Waals surface area contributed by atoms with Gasteiger partial charge in [-0.1, -0.05) is 6.92 Å². The van der Waals surface area contributed by atoms with E-state index >= 15 is 0 Å². The third-order valence-electron chi connectivity index (χ3n) is 3.45. The summed E-state index contributed by atoms with van der Waals surface area (Å²) in [6.07, 6.45) is -24.8. The Hall–Kier alpha value is -1.62. The lowest BCUT2D eigenvalue weighted by Crippen LogP contribution is -2.56. The monoisotopic (exact) mass is 507 g/mol. The van der Waals surface area contributed by atoms with E-state index in [0.29, 0.717) is 6.42 Å². The molecular weight excluding hydrogens is 482 g/mol. The van der Waals surface area contributed by atoms with Crippen molar-refractivity contribution in [3.63, 3.8) is 0 Å². The van der Waals surface area contributed by atoms with Gasteiger partial charge in [0.1, 0.15) is 0 Å². The highest BCUT2D eigenvalue weighted by molar-refractivity contribution is 5.84. The van der Waals surface area contributed by atoms with Crippen LogP contribution in [0.5, 0.6) is 0 Å². The van der Waals surface area contributed by atoms with Gasteiger partial charge >= 0.3 is 30.3 Å². The third kappa shape index (κ3) is 11.4. The van der Waals surface area contributed by atoms with E-state index in [-0.39, 0.29) is 39.5 Å². The maximum atomic E-state index is 13.5. The molecule has 0 spiro atoms. The average molecular weight is 507 g/mol. The summed E-state index contributed by atoms with van der Waals surface area (Å²) in [5.74, 6) is -4.90. The van der Waals surface area contributed by atoms with Crippen LogP contribution in [-0.2, 0) is 33.3 Å². The van der Waals surface area contributed by atoms with E-state index in [0.717, 1.165) is 0 Å². The van der Waals surface area contributed by atoms with Gasteiger partial charge in [0, 0.05) is 33.3 Å². The van der Waals surface area contributed by atoms with Crippen LogP contribution < -0.4 is 5.32 Å². The molecule has 0 aliphatic rings. The lowest BCUT2D eigenvalue weighted by atomic mass is 10.2. The first-order valence-electron chi connectivity index (χ1n) is 9.50. The summed E-state index contributed by atoms with van der Waals surface area (Å²) in [5, 5.41) is 1.37. The summed E-state index contributed by atoms with van der Waals surface area (Å²) >= 11 is 0. The number of nitrogens with one attached hydrogen (secondary N) is 1. The van der Waals surface area contributed by atoms with Gasteiger partial charge in [-0.2, -0.15) is 35.1 Å². The maximum Gasteiger partial charge on any atom is 0.453 e. The summed E-state index contributed by atoms with van der Waals surface area (Å²) in [6.45, 7) is 0.833. The predicted octanol–water partition coefficient (Wildman–Crippen LogP) is 2.95. The Morgan fingerprint density at radius 2 is 1.30 bits per heavy atom. The van der Waals surface area contributed by atoms with Gasteiger partial charge in [0.05, 0.1) is 19.8 Å². The van der Waals surface area contributed by atoms with E-state index in [2.05, 4.69) is 14.2 Å². The summed E-state index contributed by atoms with van der Waals surface area (Å²) in [5.41, 5.74) is 0. The van der Waals surface area contributed by atoms with Crippen molar-refractivity contribution in [2.24, 2.45) is 0 Å². The Kier molecular flexibility index (Phi) is 13.3. The Balaban J connectivity index is 4.89. The summed E-state index contributed by atoms with van der Waals surface area (Å²) < 4.78 is 127. The lowest BCUT2D eigenvalue weighted by Gasteiger charge is -2.30. The fourth-order valence-electron chi connectivity index (χ4n) is 1.85. The van der Waals surface area contributed by atoms with E-state index in [9.17, 15) is 44.7 Å². The van der Waals surface area contributed by atoms with Crippen molar-refractivity contribution in [1.82, 2.24) is 5.32 Å². The molecule has 1 N–H and O–H groups in total. The van der Waals surface area contributed by atoms with Gasteiger partial charge in [0.25, 0.3) is 0 Å². The zero-order valence-corrected chi connectivity index (χ0v) is 17.7. The Bertz CT molecular complexity index is 608. The van der Waals surface area contributed by atoms with Crippen LogP contribution in [0.1, 0.15) is 26.2 Å². The second-order valence-electron chi connectivity index (χ2n) is 6.27. The number of methoxy groups -OCH3 is 1. The number of ether oxygens (including phenoxy) is 5. The Morgan fingerprint density at radius 3 is 1.85 bits per heavy atom. The number of amides is 1. The molecule has 0 bridgehead atoms. The van der Waals surface area contributed by atoms with Crippen LogP contribution in [0.2, 0.25) is 0 Å². The molecule has 0 aliphatic heterocycles. The number of halogens is 8. The third-order valence-corrected chi connectivity index (χ3v) is 3.45. The topological polar surface area (TPSA) is 92.3 Å². The van der Waals surface area contributed by atoms with Crippen molar-refractivity contribution < 1.29 is 68.4 Å². The van der Waals surface area contributed by atoms with Crippen molar-refractivity contribution >= 4 is 11.7 Å². The first-order chi connectivity index (χ1) is 15.1. The highest BCUT2D eigenvalue weighted by Crippen LogP contribution is 2.43. The summed E-state index contributed by atoms with van der Waals surface area (Å²) in [6, 6.07) is 0. The lowest BCUT2D eigenvalue weighted by molar-refractivity contribution is -0.499. The van der Waals surface area contributed by atoms with Gasteiger partial charge in [0.2, 0.25) is 5.78 Å². The average Bonchev–Trinajstić information content (AvgIpc) is 2.68. The minimum absolute atomic E-state index is 0.000405. The maximum absolute atomic E-state index is 13.5. The van der Waals surface area contributed by atoms with E-state index in [4.69, 9.17) is 9.47 Å². The van der Waals surface area contributed by atoms with Crippen molar-refractivity contribution in [2.75, 3.05) is 46.7 Å². The summed E-state index contributed by atoms with van der Waals surface area (Å²) in [7, 11) is 1.33. The Labute approximate surface area is 183 Å². The largest absolute Gasteiger partial charge is 0.453 e. The molecule has 0 saturated carbocycles. The smallest absolute Gasteiger partial charge is 0.382 e. The molecular formula is C17H25F8NO7. The number of Topliss-reactive ketones (excluding diaryl/α,β-unsaturated/α-hetero) is 1. The number of alkyl halides is 8. The standard InChI is InChI=1S/C17H25F8NO7/c1-3-7-30-8-4-5-12(27)14(18,19)32-16(22,23)17(24,25)33-15(20,21)13(28)26-6-9-31-11-10-29-2/h3-11H2,1-2H3,(H,26,28). The molecule has 0 saturated heterocycles. The van der Waals surface area contributed by atoms with Crippen molar-refractivity contribution in [1.29, 1.82) is 0 Å².